The topological polar surface area (TPSA) is 56.8 Å². The standard InChI is InChI=1S/C20H24FNO4S/c1-24-17-6-5-15(10-16(17)21)12-27-13-20(23)22-9-8-14-4-7-18(25-2)19(11-14)26-3/h4-7,10-11H,8-9,12-13H2,1-3H3,(H,22,23). The van der Waals surface area contributed by atoms with Crippen LogP contribution < -0.4 is 19.5 Å². The van der Waals surface area contributed by atoms with Crippen molar-refractivity contribution in [1.29, 1.82) is 0 Å². The molecule has 0 aliphatic rings. The fourth-order valence-electron chi connectivity index (χ4n) is 2.49. The molecule has 2 aromatic carbocycles. The largest absolute Gasteiger partial charge is 0.494 e. The Morgan fingerprint density at radius 1 is 0.963 bits per heavy atom. The normalized spacial score (nSPS) is 10.4. The molecule has 0 aliphatic heterocycles. The molecule has 0 fully saturated rings. The molecule has 5 nitrogen and oxygen atoms in total. The second-order valence-electron chi connectivity index (χ2n) is 5.75. The fourth-order valence-corrected chi connectivity index (χ4v) is 3.30. The van der Waals surface area contributed by atoms with Gasteiger partial charge in [0.05, 0.1) is 27.1 Å². The highest BCUT2D eigenvalue weighted by Crippen LogP contribution is 2.27. The van der Waals surface area contributed by atoms with Crippen molar-refractivity contribution in [3.8, 4) is 17.2 Å². The highest BCUT2D eigenvalue weighted by atomic mass is 32.2. The predicted octanol–water partition coefficient (Wildman–Crippen LogP) is 3.44. The molecule has 0 saturated heterocycles. The van der Waals surface area contributed by atoms with Gasteiger partial charge in [-0.05, 0) is 41.8 Å². The third kappa shape index (κ3) is 6.36. The summed E-state index contributed by atoms with van der Waals surface area (Å²) < 4.78 is 29.0. The number of hydrogen-bond acceptors (Lipinski definition) is 5. The first-order valence-corrected chi connectivity index (χ1v) is 9.60. The Hall–Kier alpha value is -2.41. The molecule has 0 bridgehead atoms. The molecule has 0 saturated carbocycles. The molecule has 0 radical (unpaired) electrons. The highest BCUT2D eigenvalue weighted by Gasteiger charge is 2.07. The molecular formula is C20H24FNO4S. The van der Waals surface area contributed by atoms with Gasteiger partial charge >= 0.3 is 0 Å². The van der Waals surface area contributed by atoms with Crippen molar-refractivity contribution >= 4 is 17.7 Å². The van der Waals surface area contributed by atoms with E-state index in [1.165, 1.54) is 24.9 Å². The van der Waals surface area contributed by atoms with Gasteiger partial charge in [-0.25, -0.2) is 4.39 Å². The van der Waals surface area contributed by atoms with Gasteiger partial charge in [-0.15, -0.1) is 11.8 Å². The van der Waals surface area contributed by atoms with Crippen LogP contribution in [0.4, 0.5) is 4.39 Å². The number of hydrogen-bond donors (Lipinski definition) is 1. The van der Waals surface area contributed by atoms with Crippen molar-refractivity contribution < 1.29 is 23.4 Å². The zero-order valence-electron chi connectivity index (χ0n) is 15.7. The predicted molar refractivity (Wildman–Crippen MR) is 105 cm³/mol. The van der Waals surface area contributed by atoms with E-state index in [1.54, 1.807) is 26.4 Å². The van der Waals surface area contributed by atoms with Crippen molar-refractivity contribution in [3.05, 3.63) is 53.3 Å². The molecule has 0 aromatic heterocycles. The van der Waals surface area contributed by atoms with Crippen molar-refractivity contribution in [3.63, 3.8) is 0 Å². The number of ether oxygens (including phenoxy) is 3. The van der Waals surface area contributed by atoms with Gasteiger partial charge in [0.1, 0.15) is 0 Å². The summed E-state index contributed by atoms with van der Waals surface area (Å²) in [6, 6.07) is 10.5. The molecule has 2 rings (SSSR count). The number of carbonyl (C=O) groups is 1. The van der Waals surface area contributed by atoms with E-state index in [0.29, 0.717) is 36.0 Å². The monoisotopic (exact) mass is 393 g/mol. The molecule has 1 N–H and O–H groups in total. The van der Waals surface area contributed by atoms with Crippen molar-refractivity contribution in [1.82, 2.24) is 5.32 Å². The molecule has 7 heteroatoms. The van der Waals surface area contributed by atoms with Crippen molar-refractivity contribution in [2.75, 3.05) is 33.6 Å². The second-order valence-corrected chi connectivity index (χ2v) is 6.74. The van der Waals surface area contributed by atoms with Gasteiger partial charge in [0.25, 0.3) is 0 Å². The SMILES string of the molecule is COc1ccc(CSCC(=O)NCCc2ccc(OC)c(OC)c2)cc1F. The maximum Gasteiger partial charge on any atom is 0.230 e. The average Bonchev–Trinajstić information content (AvgIpc) is 2.68. The first kappa shape index (κ1) is 20.9. The van der Waals surface area contributed by atoms with Gasteiger partial charge in [0.2, 0.25) is 5.91 Å². The van der Waals surface area contributed by atoms with E-state index in [-0.39, 0.29) is 11.7 Å². The van der Waals surface area contributed by atoms with Crippen LogP contribution in [0.25, 0.3) is 0 Å². The molecule has 0 unspecified atom stereocenters. The molecule has 1 amide bonds. The number of nitrogens with one attached hydrogen (secondary N) is 1. The molecule has 0 atom stereocenters. The van der Waals surface area contributed by atoms with Gasteiger partial charge in [-0.2, -0.15) is 0 Å². The summed E-state index contributed by atoms with van der Waals surface area (Å²) in [5.41, 5.74) is 1.87. The molecule has 2 aromatic rings. The fraction of sp³-hybridized carbons (Fsp3) is 0.350. The number of thioether (sulfide) groups is 1. The zero-order valence-corrected chi connectivity index (χ0v) is 16.5. The lowest BCUT2D eigenvalue weighted by Crippen LogP contribution is -2.27. The van der Waals surface area contributed by atoms with E-state index in [9.17, 15) is 9.18 Å². The maximum absolute atomic E-state index is 13.6. The third-order valence-corrected chi connectivity index (χ3v) is 4.91. The summed E-state index contributed by atoms with van der Waals surface area (Å²) in [5, 5.41) is 2.89. The highest BCUT2D eigenvalue weighted by molar-refractivity contribution is 7.99. The summed E-state index contributed by atoms with van der Waals surface area (Å²) in [7, 11) is 4.62. The van der Waals surface area contributed by atoms with Crippen LogP contribution in [0.5, 0.6) is 17.2 Å². The van der Waals surface area contributed by atoms with E-state index in [1.807, 2.05) is 18.2 Å². The maximum atomic E-state index is 13.6. The Bertz CT molecular complexity index is 770. The van der Waals surface area contributed by atoms with Crippen LogP contribution in [0.15, 0.2) is 36.4 Å². The quantitative estimate of drug-likeness (QED) is 0.670. The first-order valence-electron chi connectivity index (χ1n) is 8.45. The first-order chi connectivity index (χ1) is 13.1. The van der Waals surface area contributed by atoms with Gasteiger partial charge < -0.3 is 19.5 Å². The van der Waals surface area contributed by atoms with Gasteiger partial charge in [0.15, 0.2) is 23.1 Å². The molecule has 0 spiro atoms. The van der Waals surface area contributed by atoms with Crippen LogP contribution in [0.3, 0.4) is 0 Å². The Morgan fingerprint density at radius 2 is 1.63 bits per heavy atom. The molecular weight excluding hydrogens is 369 g/mol. The Kier molecular flexibility index (Phi) is 8.26. The number of benzene rings is 2. The lowest BCUT2D eigenvalue weighted by Gasteiger charge is -2.10. The number of rotatable bonds is 10. The lowest BCUT2D eigenvalue weighted by atomic mass is 10.1. The minimum Gasteiger partial charge on any atom is -0.494 e. The summed E-state index contributed by atoms with van der Waals surface area (Å²) in [6.07, 6.45) is 0.695. The van der Waals surface area contributed by atoms with E-state index in [4.69, 9.17) is 14.2 Å². The summed E-state index contributed by atoms with van der Waals surface area (Å²) in [4.78, 5) is 11.9. The number of halogens is 1. The second kappa shape index (κ2) is 10.7. The van der Waals surface area contributed by atoms with E-state index >= 15 is 0 Å². The molecule has 0 heterocycles. The average molecular weight is 393 g/mol. The molecule has 146 valence electrons. The Labute approximate surface area is 163 Å². The third-order valence-electron chi connectivity index (χ3n) is 3.90. The van der Waals surface area contributed by atoms with Crippen molar-refractivity contribution in [2.45, 2.75) is 12.2 Å². The van der Waals surface area contributed by atoms with E-state index in [2.05, 4.69) is 5.32 Å². The number of carbonyl (C=O) groups excluding carboxylic acids is 1. The lowest BCUT2D eigenvalue weighted by molar-refractivity contribution is -0.118. The number of methoxy groups -OCH3 is 3. The van der Waals surface area contributed by atoms with Gasteiger partial charge in [-0.3, -0.25) is 4.79 Å². The summed E-state index contributed by atoms with van der Waals surface area (Å²) in [6.45, 7) is 0.534. The van der Waals surface area contributed by atoms with Crippen LogP contribution >= 0.6 is 11.8 Å². The van der Waals surface area contributed by atoms with E-state index < -0.39 is 5.82 Å². The smallest absolute Gasteiger partial charge is 0.230 e. The summed E-state index contributed by atoms with van der Waals surface area (Å²) >= 11 is 1.44. The summed E-state index contributed by atoms with van der Waals surface area (Å²) in [5.74, 6) is 2.00. The minimum atomic E-state index is -0.394. The van der Waals surface area contributed by atoms with Crippen molar-refractivity contribution in [2.24, 2.45) is 0 Å². The van der Waals surface area contributed by atoms with Crippen LogP contribution in [-0.4, -0.2) is 39.5 Å². The van der Waals surface area contributed by atoms with Gasteiger partial charge in [0, 0.05) is 12.3 Å². The van der Waals surface area contributed by atoms with Crippen LogP contribution in [-0.2, 0) is 17.0 Å². The van der Waals surface area contributed by atoms with Crippen LogP contribution in [0.1, 0.15) is 11.1 Å². The zero-order chi connectivity index (χ0) is 19.6. The van der Waals surface area contributed by atoms with Crippen LogP contribution in [0, 0.1) is 5.82 Å². The Morgan fingerprint density at radius 3 is 2.30 bits per heavy atom. The molecule has 0 aliphatic carbocycles. The van der Waals surface area contributed by atoms with Gasteiger partial charge in [-0.1, -0.05) is 12.1 Å². The minimum absolute atomic E-state index is 0.0468. The Balaban J connectivity index is 1.71. The number of amides is 1. The molecule has 27 heavy (non-hydrogen) atoms. The van der Waals surface area contributed by atoms with Crippen LogP contribution in [0.2, 0.25) is 0 Å². The van der Waals surface area contributed by atoms with E-state index in [0.717, 1.165) is 11.1 Å².